The van der Waals surface area contributed by atoms with Crippen molar-refractivity contribution in [2.24, 2.45) is 0 Å². The lowest BCUT2D eigenvalue weighted by molar-refractivity contribution is 0.238. The monoisotopic (exact) mass is 256 g/mol. The molecule has 0 spiro atoms. The molecule has 3 rings (SSSR count). The van der Waals surface area contributed by atoms with Gasteiger partial charge in [-0.2, -0.15) is 0 Å². The Kier molecular flexibility index (Phi) is 3.09. The van der Waals surface area contributed by atoms with Crippen molar-refractivity contribution in [2.45, 2.75) is 19.5 Å². The number of H-pyrrole nitrogens is 1. The Bertz CT molecular complexity index is 634. The van der Waals surface area contributed by atoms with Crippen LogP contribution >= 0.6 is 0 Å². The van der Waals surface area contributed by atoms with Gasteiger partial charge < -0.3 is 10.1 Å². The number of nitrogens with zero attached hydrogens (tertiary/aromatic N) is 1. The molecule has 1 aliphatic heterocycles. The van der Waals surface area contributed by atoms with Crippen LogP contribution in [-0.2, 0) is 19.5 Å². The molecular weight excluding hydrogens is 240 g/mol. The predicted octanol–water partition coefficient (Wildman–Crippen LogP) is 1.64. The quantitative estimate of drug-likeness (QED) is 0.858. The maximum atomic E-state index is 11.3. The molecule has 98 valence electrons. The van der Waals surface area contributed by atoms with Crippen LogP contribution in [0.4, 0.5) is 0 Å². The van der Waals surface area contributed by atoms with Crippen LogP contribution in [-0.4, -0.2) is 21.5 Å². The summed E-state index contributed by atoms with van der Waals surface area (Å²) in [5, 5.41) is 9.87. The first kappa shape index (κ1) is 12.0. The van der Waals surface area contributed by atoms with Crippen LogP contribution in [0.25, 0.3) is 0 Å². The minimum absolute atomic E-state index is 0.108. The van der Waals surface area contributed by atoms with Crippen molar-refractivity contribution in [3.63, 3.8) is 0 Å². The van der Waals surface area contributed by atoms with Crippen molar-refractivity contribution in [3.8, 4) is 5.75 Å². The third-order valence-electron chi connectivity index (χ3n) is 3.52. The third kappa shape index (κ3) is 2.53. The molecule has 4 heteroatoms. The number of aromatic nitrogens is 1. The van der Waals surface area contributed by atoms with Crippen molar-refractivity contribution < 1.29 is 5.11 Å². The molecule has 0 saturated carbocycles. The van der Waals surface area contributed by atoms with E-state index in [1.165, 1.54) is 11.6 Å². The number of hydrogen-bond donors (Lipinski definition) is 2. The maximum absolute atomic E-state index is 11.3. The number of aromatic hydroxyl groups is 1. The van der Waals surface area contributed by atoms with Crippen LogP contribution in [0.2, 0.25) is 0 Å². The SMILES string of the molecule is O=c1cc(O)c2c([nH]1)CCN(Cc1ccccc1)C2. The molecule has 0 atom stereocenters. The second kappa shape index (κ2) is 4.90. The van der Waals surface area contributed by atoms with Gasteiger partial charge in [-0.15, -0.1) is 0 Å². The van der Waals surface area contributed by atoms with Gasteiger partial charge in [-0.3, -0.25) is 9.69 Å². The molecule has 1 aromatic heterocycles. The van der Waals surface area contributed by atoms with Crippen LogP contribution in [0, 0.1) is 0 Å². The molecule has 0 radical (unpaired) electrons. The van der Waals surface area contributed by atoms with Gasteiger partial charge in [0.25, 0.3) is 5.56 Å². The normalized spacial score (nSPS) is 15.2. The van der Waals surface area contributed by atoms with Gasteiger partial charge in [-0.05, 0) is 5.56 Å². The Labute approximate surface area is 111 Å². The Balaban J connectivity index is 1.81. The summed E-state index contributed by atoms with van der Waals surface area (Å²) in [7, 11) is 0. The van der Waals surface area contributed by atoms with Gasteiger partial charge >= 0.3 is 0 Å². The zero-order chi connectivity index (χ0) is 13.2. The highest BCUT2D eigenvalue weighted by molar-refractivity contribution is 5.36. The summed E-state index contributed by atoms with van der Waals surface area (Å²) >= 11 is 0. The molecule has 2 heterocycles. The van der Waals surface area contributed by atoms with Gasteiger partial charge in [0, 0.05) is 43.4 Å². The van der Waals surface area contributed by atoms with Crippen molar-refractivity contribution >= 4 is 0 Å². The van der Waals surface area contributed by atoms with E-state index in [4.69, 9.17) is 0 Å². The van der Waals surface area contributed by atoms with E-state index in [1.807, 2.05) is 18.2 Å². The molecule has 2 N–H and O–H groups in total. The largest absolute Gasteiger partial charge is 0.507 e. The van der Waals surface area contributed by atoms with Crippen molar-refractivity contribution in [1.82, 2.24) is 9.88 Å². The van der Waals surface area contributed by atoms with Gasteiger partial charge in [0.2, 0.25) is 0 Å². The third-order valence-corrected chi connectivity index (χ3v) is 3.52. The highest BCUT2D eigenvalue weighted by atomic mass is 16.3. The molecule has 19 heavy (non-hydrogen) atoms. The summed E-state index contributed by atoms with van der Waals surface area (Å²) in [4.78, 5) is 16.4. The van der Waals surface area contributed by atoms with Gasteiger partial charge in [-0.25, -0.2) is 0 Å². The molecule has 0 bridgehead atoms. The van der Waals surface area contributed by atoms with Gasteiger partial charge in [-0.1, -0.05) is 30.3 Å². The van der Waals surface area contributed by atoms with E-state index >= 15 is 0 Å². The highest BCUT2D eigenvalue weighted by Gasteiger charge is 2.20. The zero-order valence-electron chi connectivity index (χ0n) is 10.6. The van der Waals surface area contributed by atoms with Crippen LogP contribution in [0.5, 0.6) is 5.75 Å². The fraction of sp³-hybridized carbons (Fsp3) is 0.267. The molecule has 0 aliphatic carbocycles. The van der Waals surface area contributed by atoms with Crippen LogP contribution < -0.4 is 5.56 Å². The summed E-state index contributed by atoms with van der Waals surface area (Å²) in [5.74, 6) is 0.108. The van der Waals surface area contributed by atoms with Crippen LogP contribution in [0.15, 0.2) is 41.2 Å². The number of fused-ring (bicyclic) bond motifs is 1. The van der Waals surface area contributed by atoms with Crippen LogP contribution in [0.1, 0.15) is 16.8 Å². The molecular formula is C15H16N2O2. The van der Waals surface area contributed by atoms with Gasteiger partial charge in [0.1, 0.15) is 5.75 Å². The van der Waals surface area contributed by atoms with Gasteiger partial charge in [0.05, 0.1) is 0 Å². The van der Waals surface area contributed by atoms with E-state index in [9.17, 15) is 9.90 Å². The summed E-state index contributed by atoms with van der Waals surface area (Å²) < 4.78 is 0. The lowest BCUT2D eigenvalue weighted by atomic mass is 10.0. The summed E-state index contributed by atoms with van der Waals surface area (Å²) in [6.45, 7) is 2.42. The summed E-state index contributed by atoms with van der Waals surface area (Å²) in [5.41, 5.74) is 2.75. The first-order valence-corrected chi connectivity index (χ1v) is 6.43. The number of aromatic amines is 1. The van der Waals surface area contributed by atoms with E-state index in [1.54, 1.807) is 0 Å². The Hall–Kier alpha value is -2.07. The highest BCUT2D eigenvalue weighted by Crippen LogP contribution is 2.24. The average Bonchev–Trinajstić information content (AvgIpc) is 2.40. The predicted molar refractivity (Wildman–Crippen MR) is 73.0 cm³/mol. The molecule has 2 aromatic rings. The fourth-order valence-corrected chi connectivity index (χ4v) is 2.57. The topological polar surface area (TPSA) is 56.3 Å². The fourth-order valence-electron chi connectivity index (χ4n) is 2.57. The first-order valence-electron chi connectivity index (χ1n) is 6.43. The number of pyridine rings is 1. The number of nitrogens with one attached hydrogen (secondary N) is 1. The van der Waals surface area contributed by atoms with E-state index in [0.717, 1.165) is 30.8 Å². The zero-order valence-corrected chi connectivity index (χ0v) is 10.6. The van der Waals surface area contributed by atoms with Gasteiger partial charge in [0.15, 0.2) is 0 Å². The van der Waals surface area contributed by atoms with Crippen molar-refractivity contribution in [3.05, 3.63) is 63.6 Å². The molecule has 0 saturated heterocycles. The summed E-state index contributed by atoms with van der Waals surface area (Å²) in [6, 6.07) is 11.5. The Morgan fingerprint density at radius 2 is 2.05 bits per heavy atom. The number of hydrogen-bond acceptors (Lipinski definition) is 3. The molecule has 1 aromatic carbocycles. The average molecular weight is 256 g/mol. The van der Waals surface area contributed by atoms with Crippen LogP contribution in [0.3, 0.4) is 0 Å². The van der Waals surface area contributed by atoms with E-state index in [-0.39, 0.29) is 11.3 Å². The number of benzene rings is 1. The lowest BCUT2D eigenvalue weighted by Gasteiger charge is -2.28. The standard InChI is InChI=1S/C15H16N2O2/c18-14-8-15(19)16-13-6-7-17(10-12(13)14)9-11-4-2-1-3-5-11/h1-5,8H,6-7,9-10H2,(H2,16,18,19). The van der Waals surface area contributed by atoms with E-state index in [2.05, 4.69) is 22.0 Å². The Morgan fingerprint density at radius 3 is 2.84 bits per heavy atom. The second-order valence-corrected chi connectivity index (χ2v) is 4.92. The van der Waals surface area contributed by atoms with E-state index in [0.29, 0.717) is 6.54 Å². The first-order chi connectivity index (χ1) is 9.22. The van der Waals surface area contributed by atoms with Crippen molar-refractivity contribution in [2.75, 3.05) is 6.54 Å². The minimum atomic E-state index is -0.229. The Morgan fingerprint density at radius 1 is 1.26 bits per heavy atom. The second-order valence-electron chi connectivity index (χ2n) is 4.92. The maximum Gasteiger partial charge on any atom is 0.251 e. The van der Waals surface area contributed by atoms with Crippen molar-refractivity contribution in [1.29, 1.82) is 0 Å². The summed E-state index contributed by atoms with van der Waals surface area (Å²) in [6.07, 6.45) is 0.770. The lowest BCUT2D eigenvalue weighted by Crippen LogP contribution is -2.32. The molecule has 4 nitrogen and oxygen atoms in total. The smallest absolute Gasteiger partial charge is 0.251 e. The molecule has 0 fully saturated rings. The van der Waals surface area contributed by atoms with E-state index < -0.39 is 0 Å². The molecule has 0 unspecified atom stereocenters. The minimum Gasteiger partial charge on any atom is -0.507 e. The number of rotatable bonds is 2. The molecule has 0 amide bonds. The molecule has 1 aliphatic rings.